The first-order valence-electron chi connectivity index (χ1n) is 13.9. The third-order valence-corrected chi connectivity index (χ3v) is 7.25. The summed E-state index contributed by atoms with van der Waals surface area (Å²) in [6.45, 7) is 8.97. The van der Waals surface area contributed by atoms with E-state index in [-0.39, 0.29) is 30.2 Å². The summed E-state index contributed by atoms with van der Waals surface area (Å²) in [5.74, 6) is -0.276. The highest BCUT2D eigenvalue weighted by molar-refractivity contribution is 5.96. The Labute approximate surface area is 237 Å². The predicted molar refractivity (Wildman–Crippen MR) is 155 cm³/mol. The molecular formula is C31H46FN3O5. The fraction of sp³-hybridized carbons (Fsp3) is 0.548. The van der Waals surface area contributed by atoms with Crippen LogP contribution in [0.3, 0.4) is 0 Å². The van der Waals surface area contributed by atoms with E-state index in [0.717, 1.165) is 12.8 Å². The summed E-state index contributed by atoms with van der Waals surface area (Å²) in [6.07, 6.45) is 1.15. The number of rotatable bonds is 17. The van der Waals surface area contributed by atoms with Gasteiger partial charge in [-0.25, -0.2) is 4.39 Å². The second-order valence-electron chi connectivity index (χ2n) is 11.1. The lowest BCUT2D eigenvalue weighted by atomic mass is 9.83. The predicted octanol–water partition coefficient (Wildman–Crippen LogP) is 3.81. The fourth-order valence-corrected chi connectivity index (χ4v) is 4.31. The van der Waals surface area contributed by atoms with Crippen molar-refractivity contribution >= 4 is 11.8 Å². The van der Waals surface area contributed by atoms with Crippen molar-refractivity contribution in [3.8, 4) is 5.75 Å². The highest BCUT2D eigenvalue weighted by Crippen LogP contribution is 2.24. The molecular weight excluding hydrogens is 513 g/mol. The SMILES string of the molecule is COCCCCOc1ccccc1C(=O)NCC(CC(N)C(O)CNC(=O)C(C)(C)c1cccc(F)c1)C(C)C. The van der Waals surface area contributed by atoms with E-state index in [4.69, 9.17) is 15.2 Å². The molecule has 2 aromatic carbocycles. The number of hydrogen-bond acceptors (Lipinski definition) is 6. The molecule has 0 saturated carbocycles. The quantitative estimate of drug-likeness (QED) is 0.219. The molecule has 0 radical (unpaired) electrons. The lowest BCUT2D eigenvalue weighted by molar-refractivity contribution is -0.126. The first-order valence-corrected chi connectivity index (χ1v) is 13.9. The van der Waals surface area contributed by atoms with Gasteiger partial charge < -0.3 is 30.9 Å². The number of ether oxygens (including phenoxy) is 2. The minimum atomic E-state index is -0.989. The van der Waals surface area contributed by atoms with Crippen LogP contribution in [0.5, 0.6) is 5.75 Å². The van der Waals surface area contributed by atoms with Gasteiger partial charge in [-0.15, -0.1) is 0 Å². The maximum Gasteiger partial charge on any atom is 0.255 e. The van der Waals surface area contributed by atoms with Crippen molar-refractivity contribution in [2.24, 2.45) is 17.6 Å². The number of benzene rings is 2. The third-order valence-electron chi connectivity index (χ3n) is 7.25. The molecule has 0 aliphatic heterocycles. The molecule has 222 valence electrons. The molecule has 40 heavy (non-hydrogen) atoms. The van der Waals surface area contributed by atoms with Crippen LogP contribution in [0.25, 0.3) is 0 Å². The molecule has 8 nitrogen and oxygen atoms in total. The Morgan fingerprint density at radius 3 is 2.40 bits per heavy atom. The highest BCUT2D eigenvalue weighted by Gasteiger charge is 2.31. The molecule has 0 heterocycles. The number of unbranched alkanes of at least 4 members (excludes halogenated alkanes) is 1. The Morgan fingerprint density at radius 2 is 1.73 bits per heavy atom. The Hall–Kier alpha value is -3.01. The largest absolute Gasteiger partial charge is 0.493 e. The molecule has 3 unspecified atom stereocenters. The van der Waals surface area contributed by atoms with Gasteiger partial charge in [-0.3, -0.25) is 9.59 Å². The second-order valence-corrected chi connectivity index (χ2v) is 11.1. The number of para-hydroxylation sites is 1. The molecule has 0 spiro atoms. The van der Waals surface area contributed by atoms with Crippen molar-refractivity contribution in [2.45, 2.75) is 64.5 Å². The van der Waals surface area contributed by atoms with Crippen molar-refractivity contribution in [1.29, 1.82) is 0 Å². The van der Waals surface area contributed by atoms with Crippen LogP contribution in [0, 0.1) is 17.7 Å². The number of halogens is 1. The average Bonchev–Trinajstić information content (AvgIpc) is 2.93. The van der Waals surface area contributed by atoms with E-state index < -0.39 is 23.4 Å². The monoisotopic (exact) mass is 559 g/mol. The zero-order chi connectivity index (χ0) is 29.7. The number of amides is 2. The lowest BCUT2D eigenvalue weighted by Crippen LogP contribution is -2.49. The molecule has 0 bridgehead atoms. The van der Waals surface area contributed by atoms with E-state index in [2.05, 4.69) is 10.6 Å². The van der Waals surface area contributed by atoms with E-state index in [9.17, 15) is 19.1 Å². The fourth-order valence-electron chi connectivity index (χ4n) is 4.31. The van der Waals surface area contributed by atoms with Gasteiger partial charge in [0.2, 0.25) is 5.91 Å². The number of nitrogens with two attached hydrogens (primary N) is 1. The molecule has 0 aliphatic carbocycles. The van der Waals surface area contributed by atoms with Gasteiger partial charge in [0.1, 0.15) is 11.6 Å². The maximum atomic E-state index is 13.7. The minimum absolute atomic E-state index is 0.00448. The van der Waals surface area contributed by atoms with Gasteiger partial charge in [0.15, 0.2) is 0 Å². The van der Waals surface area contributed by atoms with Gasteiger partial charge in [0.25, 0.3) is 5.91 Å². The van der Waals surface area contributed by atoms with Crippen LogP contribution in [0.1, 0.15) is 62.9 Å². The number of aliphatic hydroxyl groups is 1. The number of aliphatic hydroxyl groups excluding tert-OH is 1. The summed E-state index contributed by atoms with van der Waals surface area (Å²) >= 11 is 0. The summed E-state index contributed by atoms with van der Waals surface area (Å²) in [4.78, 5) is 25.8. The standard InChI is InChI=1S/C31H46FN3O5/c1-21(2)22(19-34-29(37)25-13-6-7-14-28(25)40-16-9-8-15-39-5)17-26(33)27(36)20-35-30(38)31(3,4)23-11-10-12-24(32)18-23/h6-7,10-14,18,21-22,26-27,36H,8-9,15-17,19-20,33H2,1-5H3,(H,34,37)(H,35,38). The van der Waals surface area contributed by atoms with E-state index in [1.165, 1.54) is 12.1 Å². The van der Waals surface area contributed by atoms with E-state index in [0.29, 0.717) is 43.1 Å². The summed E-state index contributed by atoms with van der Waals surface area (Å²) in [7, 11) is 1.66. The smallest absolute Gasteiger partial charge is 0.255 e. The lowest BCUT2D eigenvalue weighted by Gasteiger charge is -2.29. The van der Waals surface area contributed by atoms with Gasteiger partial charge in [0.05, 0.1) is 23.7 Å². The van der Waals surface area contributed by atoms with Crippen LogP contribution in [0.2, 0.25) is 0 Å². The van der Waals surface area contributed by atoms with Crippen molar-refractivity contribution < 1.29 is 28.6 Å². The Balaban J connectivity index is 1.90. The Bertz CT molecular complexity index is 1080. The first-order chi connectivity index (χ1) is 19.0. The van der Waals surface area contributed by atoms with Crippen molar-refractivity contribution in [3.63, 3.8) is 0 Å². The van der Waals surface area contributed by atoms with Gasteiger partial charge in [0, 0.05) is 32.8 Å². The molecule has 5 N–H and O–H groups in total. The van der Waals surface area contributed by atoms with Gasteiger partial charge in [-0.1, -0.05) is 38.1 Å². The third kappa shape index (κ3) is 10.2. The zero-order valence-corrected chi connectivity index (χ0v) is 24.4. The minimum Gasteiger partial charge on any atom is -0.493 e. The first kappa shape index (κ1) is 33.2. The summed E-state index contributed by atoms with van der Waals surface area (Å²) in [5, 5.41) is 16.4. The van der Waals surface area contributed by atoms with Crippen LogP contribution in [-0.2, 0) is 14.9 Å². The maximum absolute atomic E-state index is 13.7. The van der Waals surface area contributed by atoms with Crippen LogP contribution in [0.15, 0.2) is 48.5 Å². The molecule has 0 fully saturated rings. The number of nitrogens with one attached hydrogen (secondary N) is 2. The number of methoxy groups -OCH3 is 1. The highest BCUT2D eigenvalue weighted by atomic mass is 19.1. The van der Waals surface area contributed by atoms with Gasteiger partial charge in [-0.05, 0) is 74.8 Å². The van der Waals surface area contributed by atoms with Crippen LogP contribution >= 0.6 is 0 Å². The molecule has 0 aromatic heterocycles. The molecule has 9 heteroatoms. The molecule has 2 aromatic rings. The number of carbonyl (C=O) groups excluding carboxylic acids is 2. The van der Waals surface area contributed by atoms with Crippen LogP contribution in [0.4, 0.5) is 4.39 Å². The molecule has 0 saturated heterocycles. The zero-order valence-electron chi connectivity index (χ0n) is 24.4. The van der Waals surface area contributed by atoms with Crippen LogP contribution < -0.4 is 21.1 Å². The number of hydrogen-bond donors (Lipinski definition) is 4. The normalized spacial score (nSPS) is 13.9. The average molecular weight is 560 g/mol. The molecule has 0 aliphatic rings. The van der Waals surface area contributed by atoms with E-state index >= 15 is 0 Å². The van der Waals surface area contributed by atoms with Crippen molar-refractivity contribution in [2.75, 3.05) is 33.4 Å². The summed E-state index contributed by atoms with van der Waals surface area (Å²) < 4.78 is 24.6. The number of carbonyl (C=O) groups is 2. The van der Waals surface area contributed by atoms with E-state index in [1.54, 1.807) is 51.3 Å². The summed E-state index contributed by atoms with van der Waals surface area (Å²) in [6, 6.07) is 12.4. The van der Waals surface area contributed by atoms with E-state index in [1.807, 2.05) is 19.9 Å². The van der Waals surface area contributed by atoms with Gasteiger partial charge in [-0.2, -0.15) is 0 Å². The molecule has 2 amide bonds. The molecule has 2 rings (SSSR count). The van der Waals surface area contributed by atoms with Crippen molar-refractivity contribution in [3.05, 3.63) is 65.5 Å². The van der Waals surface area contributed by atoms with Gasteiger partial charge >= 0.3 is 0 Å². The molecule has 3 atom stereocenters. The Morgan fingerprint density at radius 1 is 1.02 bits per heavy atom. The summed E-state index contributed by atoms with van der Waals surface area (Å²) in [5.41, 5.74) is 6.34. The topological polar surface area (TPSA) is 123 Å². The van der Waals surface area contributed by atoms with Crippen LogP contribution in [-0.4, -0.2) is 62.5 Å². The second kappa shape index (κ2) is 16.3. The Kier molecular flexibility index (Phi) is 13.5. The van der Waals surface area contributed by atoms with Crippen molar-refractivity contribution in [1.82, 2.24) is 10.6 Å².